The molecule has 0 saturated heterocycles. The number of benzene rings is 1. The third-order valence-corrected chi connectivity index (χ3v) is 5.06. The van der Waals surface area contributed by atoms with Gasteiger partial charge in [-0.25, -0.2) is 14.6 Å². The molecule has 9 nitrogen and oxygen atoms in total. The molecule has 156 valence electrons. The summed E-state index contributed by atoms with van der Waals surface area (Å²) in [4.78, 5) is 21.5. The number of carbonyl (C=O) groups is 1. The second-order valence-electron chi connectivity index (χ2n) is 6.49. The molecule has 0 atom stereocenters. The number of aromatic nitrogens is 4. The SMILES string of the molecule is COCCNc1nc(SC)nc2c1cnn2CCNC(=O)c1cc2ccccc2o1. The van der Waals surface area contributed by atoms with Gasteiger partial charge in [-0.1, -0.05) is 30.0 Å². The maximum atomic E-state index is 12.4. The quantitative estimate of drug-likeness (QED) is 0.239. The van der Waals surface area contributed by atoms with Crippen molar-refractivity contribution in [2.45, 2.75) is 11.7 Å². The summed E-state index contributed by atoms with van der Waals surface area (Å²) in [7, 11) is 1.66. The Kier molecular flexibility index (Phi) is 6.15. The third-order valence-electron chi connectivity index (χ3n) is 4.52. The Hall–Kier alpha value is -3.11. The zero-order valence-electron chi connectivity index (χ0n) is 16.7. The van der Waals surface area contributed by atoms with Crippen LogP contribution in [0.1, 0.15) is 10.6 Å². The van der Waals surface area contributed by atoms with Crippen LogP contribution in [0.25, 0.3) is 22.0 Å². The predicted octanol–water partition coefficient (Wildman–Crippen LogP) is 2.78. The maximum Gasteiger partial charge on any atom is 0.287 e. The molecule has 1 amide bonds. The number of hydrogen-bond donors (Lipinski definition) is 2. The Morgan fingerprint density at radius 3 is 2.93 bits per heavy atom. The highest BCUT2D eigenvalue weighted by Crippen LogP contribution is 2.23. The Balaban J connectivity index is 1.45. The highest BCUT2D eigenvalue weighted by molar-refractivity contribution is 7.98. The first-order chi connectivity index (χ1) is 14.7. The van der Waals surface area contributed by atoms with E-state index in [-0.39, 0.29) is 11.7 Å². The summed E-state index contributed by atoms with van der Waals surface area (Å²) < 4.78 is 12.5. The number of carbonyl (C=O) groups excluding carboxylic acids is 1. The zero-order chi connectivity index (χ0) is 20.9. The molecule has 0 fully saturated rings. The van der Waals surface area contributed by atoms with Crippen LogP contribution >= 0.6 is 11.8 Å². The summed E-state index contributed by atoms with van der Waals surface area (Å²) >= 11 is 1.46. The molecule has 0 unspecified atom stereocenters. The fourth-order valence-electron chi connectivity index (χ4n) is 3.05. The van der Waals surface area contributed by atoms with Crippen molar-refractivity contribution >= 4 is 45.5 Å². The number of nitrogens with zero attached hydrogens (tertiary/aromatic N) is 4. The van der Waals surface area contributed by atoms with Gasteiger partial charge in [-0.05, 0) is 18.4 Å². The smallest absolute Gasteiger partial charge is 0.287 e. The Morgan fingerprint density at radius 1 is 1.27 bits per heavy atom. The largest absolute Gasteiger partial charge is 0.451 e. The summed E-state index contributed by atoms with van der Waals surface area (Å²) in [5.74, 6) is 0.751. The molecule has 0 bridgehead atoms. The van der Waals surface area contributed by atoms with Crippen LogP contribution in [-0.2, 0) is 11.3 Å². The minimum atomic E-state index is -0.260. The monoisotopic (exact) mass is 426 g/mol. The van der Waals surface area contributed by atoms with E-state index in [2.05, 4.69) is 25.7 Å². The van der Waals surface area contributed by atoms with E-state index >= 15 is 0 Å². The first kappa shape index (κ1) is 20.2. The normalized spacial score (nSPS) is 11.3. The van der Waals surface area contributed by atoms with E-state index in [0.717, 1.165) is 16.6 Å². The van der Waals surface area contributed by atoms with Gasteiger partial charge in [0.15, 0.2) is 16.6 Å². The summed E-state index contributed by atoms with van der Waals surface area (Å²) in [5, 5.41) is 12.9. The molecule has 0 aliphatic rings. The molecule has 4 aromatic rings. The summed E-state index contributed by atoms with van der Waals surface area (Å²) in [6, 6.07) is 9.27. The molecule has 0 spiro atoms. The first-order valence-corrected chi connectivity index (χ1v) is 10.7. The van der Waals surface area contributed by atoms with Gasteiger partial charge in [-0.15, -0.1) is 0 Å². The van der Waals surface area contributed by atoms with Gasteiger partial charge in [0, 0.05) is 25.6 Å². The van der Waals surface area contributed by atoms with E-state index in [4.69, 9.17) is 9.15 Å². The summed E-state index contributed by atoms with van der Waals surface area (Å²) in [6.45, 7) is 2.06. The van der Waals surface area contributed by atoms with Gasteiger partial charge in [0.25, 0.3) is 5.91 Å². The predicted molar refractivity (Wildman–Crippen MR) is 116 cm³/mol. The van der Waals surface area contributed by atoms with Crippen molar-refractivity contribution in [2.75, 3.05) is 38.4 Å². The number of furan rings is 1. The number of thioether (sulfide) groups is 1. The molecular weight excluding hydrogens is 404 g/mol. The number of methoxy groups -OCH3 is 1. The number of rotatable bonds is 9. The van der Waals surface area contributed by atoms with Gasteiger partial charge >= 0.3 is 0 Å². The number of anilines is 1. The highest BCUT2D eigenvalue weighted by Gasteiger charge is 2.14. The van der Waals surface area contributed by atoms with E-state index in [1.807, 2.05) is 30.5 Å². The minimum Gasteiger partial charge on any atom is -0.451 e. The number of fused-ring (bicyclic) bond motifs is 2. The number of ether oxygens (including phenoxy) is 1. The van der Waals surface area contributed by atoms with E-state index in [1.165, 1.54) is 11.8 Å². The van der Waals surface area contributed by atoms with Crippen molar-refractivity contribution in [2.24, 2.45) is 0 Å². The summed E-state index contributed by atoms with van der Waals surface area (Å²) in [6.07, 6.45) is 3.66. The molecule has 0 radical (unpaired) electrons. The number of para-hydroxylation sites is 1. The lowest BCUT2D eigenvalue weighted by Gasteiger charge is -2.09. The molecule has 1 aromatic carbocycles. The molecule has 30 heavy (non-hydrogen) atoms. The van der Waals surface area contributed by atoms with Crippen LogP contribution in [0.4, 0.5) is 5.82 Å². The Morgan fingerprint density at radius 2 is 2.13 bits per heavy atom. The second kappa shape index (κ2) is 9.14. The van der Waals surface area contributed by atoms with Crippen LogP contribution in [0.5, 0.6) is 0 Å². The van der Waals surface area contributed by atoms with Gasteiger partial charge < -0.3 is 19.8 Å². The van der Waals surface area contributed by atoms with Crippen LogP contribution in [0.3, 0.4) is 0 Å². The Labute approximate surface area is 177 Å². The number of nitrogens with one attached hydrogen (secondary N) is 2. The average Bonchev–Trinajstić information content (AvgIpc) is 3.38. The van der Waals surface area contributed by atoms with Crippen molar-refractivity contribution in [3.63, 3.8) is 0 Å². The van der Waals surface area contributed by atoms with Gasteiger partial charge in [0.05, 0.1) is 24.7 Å². The molecule has 10 heteroatoms. The lowest BCUT2D eigenvalue weighted by molar-refractivity contribution is 0.0926. The minimum absolute atomic E-state index is 0.260. The third kappa shape index (κ3) is 4.24. The molecule has 0 aliphatic carbocycles. The molecular formula is C20H22N6O3S. The lowest BCUT2D eigenvalue weighted by atomic mass is 10.2. The van der Waals surface area contributed by atoms with Crippen LogP contribution in [0.15, 0.2) is 46.1 Å². The van der Waals surface area contributed by atoms with Gasteiger partial charge in [0.1, 0.15) is 11.4 Å². The fraction of sp³-hybridized carbons (Fsp3) is 0.300. The van der Waals surface area contributed by atoms with Gasteiger partial charge in [0.2, 0.25) is 0 Å². The molecule has 3 aromatic heterocycles. The van der Waals surface area contributed by atoms with Crippen molar-refractivity contribution in [1.82, 2.24) is 25.1 Å². The topological polar surface area (TPSA) is 107 Å². The van der Waals surface area contributed by atoms with Crippen LogP contribution in [-0.4, -0.2) is 58.7 Å². The molecule has 0 saturated carbocycles. The fourth-order valence-corrected chi connectivity index (χ4v) is 3.41. The van der Waals surface area contributed by atoms with Crippen LogP contribution < -0.4 is 10.6 Å². The molecule has 4 rings (SSSR count). The first-order valence-electron chi connectivity index (χ1n) is 9.46. The molecule has 2 N–H and O–H groups in total. The van der Waals surface area contributed by atoms with E-state index < -0.39 is 0 Å². The highest BCUT2D eigenvalue weighted by atomic mass is 32.2. The van der Waals surface area contributed by atoms with E-state index in [9.17, 15) is 4.79 Å². The maximum absolute atomic E-state index is 12.4. The second-order valence-corrected chi connectivity index (χ2v) is 7.26. The number of amides is 1. The zero-order valence-corrected chi connectivity index (χ0v) is 17.5. The average molecular weight is 427 g/mol. The Bertz CT molecular complexity index is 1140. The van der Waals surface area contributed by atoms with Crippen LogP contribution in [0, 0.1) is 0 Å². The van der Waals surface area contributed by atoms with E-state index in [1.54, 1.807) is 24.1 Å². The van der Waals surface area contributed by atoms with Crippen molar-refractivity contribution in [3.05, 3.63) is 42.3 Å². The van der Waals surface area contributed by atoms with E-state index in [0.29, 0.717) is 42.6 Å². The van der Waals surface area contributed by atoms with Crippen LogP contribution in [0.2, 0.25) is 0 Å². The van der Waals surface area contributed by atoms with Gasteiger partial charge in [-0.3, -0.25) is 4.79 Å². The molecule has 0 aliphatic heterocycles. The standard InChI is InChI=1S/C20H22N6O3S/c1-28-10-8-21-17-14-12-23-26(18(14)25-20(24-17)30-2)9-7-22-19(27)16-11-13-5-3-4-6-15(13)29-16/h3-6,11-12H,7-10H2,1-2H3,(H,22,27)(H,21,24,25). The van der Waals surface area contributed by atoms with Gasteiger partial charge in [-0.2, -0.15) is 5.10 Å². The molecule has 3 heterocycles. The van der Waals surface area contributed by atoms with Crippen molar-refractivity contribution < 1.29 is 13.9 Å². The van der Waals surface area contributed by atoms with Crippen molar-refractivity contribution in [3.8, 4) is 0 Å². The number of hydrogen-bond acceptors (Lipinski definition) is 8. The van der Waals surface area contributed by atoms with Crippen molar-refractivity contribution in [1.29, 1.82) is 0 Å². The summed E-state index contributed by atoms with van der Waals surface area (Å²) in [5.41, 5.74) is 1.41. The lowest BCUT2D eigenvalue weighted by Crippen LogP contribution is -2.27.